The first-order chi connectivity index (χ1) is 7.79. The molecule has 0 unspecified atom stereocenters. The van der Waals surface area contributed by atoms with Crippen LogP contribution in [0.5, 0.6) is 0 Å². The Morgan fingerprint density at radius 2 is 2.06 bits per heavy atom. The average Bonchev–Trinajstić information content (AvgIpc) is 2.29. The van der Waals surface area contributed by atoms with Crippen LogP contribution in [0.3, 0.4) is 0 Å². The number of nitrogens with one attached hydrogen (secondary N) is 1. The Hall–Kier alpha value is -1.68. The van der Waals surface area contributed by atoms with Gasteiger partial charge in [-0.25, -0.2) is 4.79 Å². The molecule has 0 aliphatic rings. The maximum Gasteiger partial charge on any atom is 0.408 e. The van der Waals surface area contributed by atoms with Crippen molar-refractivity contribution < 1.29 is 9.90 Å². The number of allylic oxidation sites excluding steroid dienone is 2. The molecule has 84 valence electrons. The van der Waals surface area contributed by atoms with Crippen molar-refractivity contribution >= 4 is 17.9 Å². The highest BCUT2D eigenvalue weighted by Gasteiger charge is 1.87. The monoisotopic (exact) mass is 235 g/mol. The van der Waals surface area contributed by atoms with Crippen LogP contribution >= 0.6 is 11.8 Å². The van der Waals surface area contributed by atoms with Gasteiger partial charge in [-0.05, 0) is 18.2 Å². The van der Waals surface area contributed by atoms with Crippen LogP contribution in [0.25, 0.3) is 0 Å². The van der Waals surface area contributed by atoms with Crippen molar-refractivity contribution in [1.29, 1.82) is 0 Å². The van der Waals surface area contributed by atoms with Gasteiger partial charge in [0.2, 0.25) is 0 Å². The van der Waals surface area contributed by atoms with Gasteiger partial charge < -0.3 is 5.11 Å². The maximum atomic E-state index is 10.1. The van der Waals surface area contributed by atoms with Gasteiger partial charge in [-0.3, -0.25) is 5.32 Å². The summed E-state index contributed by atoms with van der Waals surface area (Å²) in [7, 11) is 0. The van der Waals surface area contributed by atoms with Crippen LogP contribution in [-0.2, 0) is 0 Å². The summed E-state index contributed by atoms with van der Waals surface area (Å²) in [6.07, 6.45) is 5.76. The third-order valence-corrected chi connectivity index (χ3v) is 2.60. The molecule has 0 bridgehead atoms. The molecular weight excluding hydrogens is 222 g/mol. The molecule has 0 aliphatic carbocycles. The molecule has 0 aliphatic heterocycles. The molecule has 0 heterocycles. The first-order valence-corrected chi connectivity index (χ1v) is 5.76. The van der Waals surface area contributed by atoms with E-state index in [-0.39, 0.29) is 0 Å². The van der Waals surface area contributed by atoms with Crippen LogP contribution < -0.4 is 5.32 Å². The third-order valence-electron chi connectivity index (χ3n) is 1.64. The maximum absolute atomic E-state index is 10.1. The second-order valence-corrected chi connectivity index (χ2v) is 3.95. The summed E-state index contributed by atoms with van der Waals surface area (Å²) >= 11 is 1.73. The fourth-order valence-electron chi connectivity index (χ4n) is 0.970. The van der Waals surface area contributed by atoms with Crippen LogP contribution in [0.1, 0.15) is 0 Å². The van der Waals surface area contributed by atoms with E-state index in [1.807, 2.05) is 30.4 Å². The fourth-order valence-corrected chi connectivity index (χ4v) is 1.72. The van der Waals surface area contributed by atoms with Crippen molar-refractivity contribution in [1.82, 2.24) is 5.32 Å². The molecular formula is C12H13NO2S. The van der Waals surface area contributed by atoms with E-state index in [2.05, 4.69) is 17.4 Å². The summed E-state index contributed by atoms with van der Waals surface area (Å²) in [5.74, 6) is 0.863. The molecule has 16 heavy (non-hydrogen) atoms. The van der Waals surface area contributed by atoms with Crippen molar-refractivity contribution in [3.63, 3.8) is 0 Å². The lowest BCUT2D eigenvalue weighted by Gasteiger charge is -1.95. The number of rotatable bonds is 5. The van der Waals surface area contributed by atoms with E-state index in [0.717, 1.165) is 5.75 Å². The van der Waals surface area contributed by atoms with E-state index in [4.69, 9.17) is 5.11 Å². The number of hydrogen-bond acceptors (Lipinski definition) is 2. The number of amides is 1. The predicted molar refractivity (Wildman–Crippen MR) is 66.6 cm³/mol. The summed E-state index contributed by atoms with van der Waals surface area (Å²) in [5, 5.41) is 10.4. The van der Waals surface area contributed by atoms with E-state index in [9.17, 15) is 4.79 Å². The first kappa shape index (κ1) is 12.4. The van der Waals surface area contributed by atoms with Gasteiger partial charge in [-0.2, -0.15) is 0 Å². The van der Waals surface area contributed by atoms with E-state index in [0.29, 0.717) is 0 Å². The van der Waals surface area contributed by atoms with Gasteiger partial charge in [0.1, 0.15) is 0 Å². The molecule has 1 aromatic carbocycles. The first-order valence-electron chi connectivity index (χ1n) is 4.78. The lowest BCUT2D eigenvalue weighted by Crippen LogP contribution is -2.12. The van der Waals surface area contributed by atoms with Crippen molar-refractivity contribution in [2.24, 2.45) is 0 Å². The van der Waals surface area contributed by atoms with Gasteiger partial charge in [0.15, 0.2) is 0 Å². The number of carbonyl (C=O) groups is 1. The number of hydrogen-bond donors (Lipinski definition) is 2. The SMILES string of the molecule is O=C(O)N/C=C/C=C/CSc1ccccc1. The molecule has 1 aromatic rings. The lowest BCUT2D eigenvalue weighted by molar-refractivity contribution is 0.198. The van der Waals surface area contributed by atoms with E-state index < -0.39 is 6.09 Å². The van der Waals surface area contributed by atoms with Crippen molar-refractivity contribution in [3.8, 4) is 0 Å². The molecule has 1 amide bonds. The molecule has 0 radical (unpaired) electrons. The predicted octanol–water partition coefficient (Wildman–Crippen LogP) is 3.12. The summed E-state index contributed by atoms with van der Waals surface area (Å²) in [6.45, 7) is 0. The fraction of sp³-hybridized carbons (Fsp3) is 0.0833. The van der Waals surface area contributed by atoms with Gasteiger partial charge in [0.05, 0.1) is 0 Å². The summed E-state index contributed by atoms with van der Waals surface area (Å²) in [4.78, 5) is 11.3. The van der Waals surface area contributed by atoms with Crippen molar-refractivity contribution in [2.75, 3.05) is 5.75 Å². The zero-order chi connectivity index (χ0) is 11.6. The Kier molecular flexibility index (Phi) is 5.88. The zero-order valence-electron chi connectivity index (χ0n) is 8.67. The molecule has 1 rings (SSSR count). The quantitative estimate of drug-likeness (QED) is 0.609. The van der Waals surface area contributed by atoms with Crippen LogP contribution in [0, 0.1) is 0 Å². The second kappa shape index (κ2) is 7.59. The standard InChI is InChI=1S/C12H13NO2S/c14-12(15)13-9-5-2-6-10-16-11-7-3-1-4-8-11/h1-9,13H,10H2,(H,14,15)/b6-2+,9-5+. The highest BCUT2D eigenvalue weighted by Crippen LogP contribution is 2.16. The number of carboxylic acid groups (broad SMARTS) is 1. The van der Waals surface area contributed by atoms with E-state index in [1.165, 1.54) is 11.1 Å². The molecule has 0 saturated carbocycles. The summed E-state index contributed by atoms with van der Waals surface area (Å²) < 4.78 is 0. The minimum absolute atomic E-state index is 0.863. The Labute approximate surface area is 98.9 Å². The second-order valence-electron chi connectivity index (χ2n) is 2.86. The Bertz CT molecular complexity index is 374. The van der Waals surface area contributed by atoms with Crippen molar-refractivity contribution in [2.45, 2.75) is 4.90 Å². The van der Waals surface area contributed by atoms with Gasteiger partial charge in [-0.15, -0.1) is 11.8 Å². The average molecular weight is 235 g/mol. The van der Waals surface area contributed by atoms with Gasteiger partial charge >= 0.3 is 6.09 Å². The molecule has 0 saturated heterocycles. The minimum atomic E-state index is -1.05. The summed E-state index contributed by atoms with van der Waals surface area (Å²) in [6, 6.07) is 10.1. The highest BCUT2D eigenvalue weighted by atomic mass is 32.2. The van der Waals surface area contributed by atoms with Gasteiger partial charge in [0, 0.05) is 16.8 Å². The molecule has 3 nitrogen and oxygen atoms in total. The topological polar surface area (TPSA) is 49.3 Å². The van der Waals surface area contributed by atoms with E-state index >= 15 is 0 Å². The summed E-state index contributed by atoms with van der Waals surface area (Å²) in [5.41, 5.74) is 0. The Balaban J connectivity index is 2.18. The lowest BCUT2D eigenvalue weighted by atomic mass is 10.4. The number of benzene rings is 1. The van der Waals surface area contributed by atoms with Crippen LogP contribution in [0.15, 0.2) is 59.7 Å². The van der Waals surface area contributed by atoms with Gasteiger partial charge in [0.25, 0.3) is 0 Å². The third kappa shape index (κ3) is 5.93. The van der Waals surface area contributed by atoms with Crippen LogP contribution in [0.2, 0.25) is 0 Å². The molecule has 0 aromatic heterocycles. The molecule has 0 atom stereocenters. The normalized spacial score (nSPS) is 11.0. The zero-order valence-corrected chi connectivity index (χ0v) is 9.48. The van der Waals surface area contributed by atoms with Crippen LogP contribution in [-0.4, -0.2) is 17.0 Å². The minimum Gasteiger partial charge on any atom is -0.465 e. The largest absolute Gasteiger partial charge is 0.465 e. The number of thioether (sulfide) groups is 1. The molecule has 0 spiro atoms. The smallest absolute Gasteiger partial charge is 0.408 e. The van der Waals surface area contributed by atoms with E-state index in [1.54, 1.807) is 17.8 Å². The van der Waals surface area contributed by atoms with Gasteiger partial charge in [-0.1, -0.05) is 30.4 Å². The Morgan fingerprint density at radius 1 is 1.31 bits per heavy atom. The molecule has 2 N–H and O–H groups in total. The molecule has 4 heteroatoms. The van der Waals surface area contributed by atoms with Crippen molar-refractivity contribution in [3.05, 3.63) is 54.8 Å². The highest BCUT2D eigenvalue weighted by molar-refractivity contribution is 7.99. The van der Waals surface area contributed by atoms with Crippen LogP contribution in [0.4, 0.5) is 4.79 Å². The molecule has 0 fully saturated rings. The Morgan fingerprint density at radius 3 is 2.75 bits per heavy atom.